The van der Waals surface area contributed by atoms with Gasteiger partial charge in [-0.1, -0.05) is 24.3 Å². The van der Waals surface area contributed by atoms with E-state index in [1.807, 2.05) is 30.5 Å². The minimum atomic E-state index is -3.49. The van der Waals surface area contributed by atoms with Crippen LogP contribution in [0.2, 0.25) is 0 Å². The molecule has 2 radical (unpaired) electrons. The summed E-state index contributed by atoms with van der Waals surface area (Å²) in [5.41, 5.74) is 3.04. The summed E-state index contributed by atoms with van der Waals surface area (Å²) in [5, 5.41) is 7.77. The highest BCUT2D eigenvalue weighted by Gasteiger charge is 2.30. The second kappa shape index (κ2) is 8.95. The predicted octanol–water partition coefficient (Wildman–Crippen LogP) is 2.10. The van der Waals surface area contributed by atoms with Crippen molar-refractivity contribution in [3.05, 3.63) is 78.4 Å². The summed E-state index contributed by atoms with van der Waals surface area (Å²) in [6.45, 7) is 1.48. The Bertz CT molecular complexity index is 1350. The molecule has 8 nitrogen and oxygen atoms in total. The van der Waals surface area contributed by atoms with E-state index in [1.165, 1.54) is 0 Å². The minimum Gasteiger partial charge on any atom is -0.366 e. The molecule has 1 N–H and O–H groups in total. The molecule has 1 aromatic carbocycles. The summed E-state index contributed by atoms with van der Waals surface area (Å²) in [4.78, 5) is 9.26. The molecule has 5 rings (SSSR count). The van der Waals surface area contributed by atoms with E-state index in [-0.39, 0.29) is 5.92 Å². The fraction of sp³-hybridized carbons (Fsp3) is 0.261. The Labute approximate surface area is 194 Å². The first kappa shape index (κ1) is 21.6. The molecule has 166 valence electrons. The van der Waals surface area contributed by atoms with E-state index in [0.29, 0.717) is 48.5 Å². The van der Waals surface area contributed by atoms with Gasteiger partial charge in [0.15, 0.2) is 0 Å². The predicted molar refractivity (Wildman–Crippen MR) is 127 cm³/mol. The summed E-state index contributed by atoms with van der Waals surface area (Å²) in [7, 11) is 2.64. The molecule has 1 aliphatic rings. The van der Waals surface area contributed by atoms with Crippen molar-refractivity contribution in [3.63, 3.8) is 0 Å². The van der Waals surface area contributed by atoms with Crippen molar-refractivity contribution in [2.75, 3.05) is 18.4 Å². The maximum atomic E-state index is 13.0. The number of fused-ring (bicyclic) bond motifs is 1. The lowest BCUT2D eigenvalue weighted by Crippen LogP contribution is -2.38. The molecule has 4 aromatic rings. The zero-order valence-electron chi connectivity index (χ0n) is 18.0. The van der Waals surface area contributed by atoms with Crippen molar-refractivity contribution >= 4 is 34.8 Å². The van der Waals surface area contributed by atoms with Crippen molar-refractivity contribution in [1.29, 1.82) is 0 Å². The van der Waals surface area contributed by atoms with Crippen molar-refractivity contribution in [1.82, 2.24) is 23.9 Å². The molecular formula is C23H23BN6O2S. The van der Waals surface area contributed by atoms with E-state index in [9.17, 15) is 8.42 Å². The fourth-order valence-electron chi connectivity index (χ4n) is 4.16. The van der Waals surface area contributed by atoms with Gasteiger partial charge in [-0.2, -0.15) is 13.9 Å². The largest absolute Gasteiger partial charge is 0.366 e. The van der Waals surface area contributed by atoms with E-state index in [2.05, 4.69) is 15.4 Å². The van der Waals surface area contributed by atoms with Gasteiger partial charge in [0.05, 0.1) is 4.90 Å². The first-order valence-corrected chi connectivity index (χ1v) is 12.3. The number of nitrogens with zero attached hydrogens (tertiary/aromatic N) is 5. The van der Waals surface area contributed by atoms with Gasteiger partial charge in [-0.15, -0.1) is 0 Å². The third kappa shape index (κ3) is 4.36. The third-order valence-corrected chi connectivity index (χ3v) is 7.88. The van der Waals surface area contributed by atoms with Gasteiger partial charge in [-0.25, -0.2) is 13.4 Å². The third-order valence-electron chi connectivity index (χ3n) is 5.97. The van der Waals surface area contributed by atoms with Gasteiger partial charge in [0.2, 0.25) is 10.0 Å². The summed E-state index contributed by atoms with van der Waals surface area (Å²) in [6.07, 6.45) is 6.52. The zero-order chi connectivity index (χ0) is 22.8. The highest BCUT2D eigenvalue weighted by atomic mass is 32.2. The van der Waals surface area contributed by atoms with Crippen LogP contribution in [0.3, 0.4) is 0 Å². The standard InChI is InChI=1S/C23H23BN6O2S/c24-20-16-27-30-22(26-15-17-5-4-10-25-14-17)13-21(28-23(20)30)18-8-11-29(12-9-18)33(31,32)19-6-2-1-3-7-19/h1-7,10,13-14,16,18,26H,8-9,11-12,15H2. The van der Waals surface area contributed by atoms with Crippen LogP contribution in [-0.4, -0.2) is 53.2 Å². The van der Waals surface area contributed by atoms with Gasteiger partial charge in [-0.3, -0.25) is 4.98 Å². The number of rotatable bonds is 6. The Hall–Kier alpha value is -3.24. The number of hydrogen-bond acceptors (Lipinski definition) is 6. The number of nitrogens with one attached hydrogen (secondary N) is 1. The van der Waals surface area contributed by atoms with Crippen LogP contribution in [-0.2, 0) is 16.6 Å². The highest BCUT2D eigenvalue weighted by Crippen LogP contribution is 2.31. The monoisotopic (exact) mass is 458 g/mol. The quantitative estimate of drug-likeness (QED) is 0.445. The van der Waals surface area contributed by atoms with Crippen LogP contribution in [0.5, 0.6) is 0 Å². The smallest absolute Gasteiger partial charge is 0.243 e. The van der Waals surface area contributed by atoms with E-state index in [0.717, 1.165) is 17.1 Å². The number of benzene rings is 1. The van der Waals surface area contributed by atoms with E-state index < -0.39 is 10.0 Å². The second-order valence-electron chi connectivity index (χ2n) is 8.11. The molecule has 0 unspecified atom stereocenters. The SMILES string of the molecule is [B]c1cnn2c(NCc3cccnc3)cc(C3CCN(S(=O)(=O)c4ccccc4)CC3)nc12. The second-order valence-corrected chi connectivity index (χ2v) is 10.0. The van der Waals surface area contributed by atoms with Gasteiger partial charge in [0, 0.05) is 55.9 Å². The lowest BCUT2D eigenvalue weighted by Gasteiger charge is -2.31. The lowest BCUT2D eigenvalue weighted by atomic mass is 9.94. The molecule has 10 heteroatoms. The molecule has 0 spiro atoms. The first-order chi connectivity index (χ1) is 16.0. The molecule has 4 heterocycles. The fourth-order valence-corrected chi connectivity index (χ4v) is 5.65. The van der Waals surface area contributed by atoms with Crippen LogP contribution < -0.4 is 10.8 Å². The Morgan fingerprint density at radius 3 is 2.58 bits per heavy atom. The van der Waals surface area contributed by atoms with E-state index >= 15 is 0 Å². The van der Waals surface area contributed by atoms with Crippen LogP contribution in [0, 0.1) is 0 Å². The Balaban J connectivity index is 1.36. The Morgan fingerprint density at radius 1 is 1.06 bits per heavy atom. The average molecular weight is 458 g/mol. The van der Waals surface area contributed by atoms with Crippen molar-refractivity contribution in [3.8, 4) is 0 Å². The van der Waals surface area contributed by atoms with Crippen molar-refractivity contribution in [2.45, 2.75) is 30.2 Å². The molecule has 0 atom stereocenters. The van der Waals surface area contributed by atoms with Crippen LogP contribution in [0.25, 0.3) is 5.65 Å². The zero-order valence-corrected chi connectivity index (χ0v) is 18.8. The number of anilines is 1. The number of aromatic nitrogens is 4. The number of pyridine rings is 1. The molecular weight excluding hydrogens is 435 g/mol. The highest BCUT2D eigenvalue weighted by molar-refractivity contribution is 7.89. The van der Waals surface area contributed by atoms with Crippen molar-refractivity contribution < 1.29 is 8.42 Å². The maximum Gasteiger partial charge on any atom is 0.243 e. The van der Waals surface area contributed by atoms with Crippen LogP contribution in [0.4, 0.5) is 5.82 Å². The molecule has 1 aliphatic heterocycles. The molecule has 0 aliphatic carbocycles. The summed E-state index contributed by atoms with van der Waals surface area (Å²) >= 11 is 0. The number of sulfonamides is 1. The van der Waals surface area contributed by atoms with E-state index in [4.69, 9.17) is 12.8 Å². The molecule has 3 aromatic heterocycles. The van der Waals surface area contributed by atoms with Gasteiger partial charge in [0.1, 0.15) is 19.3 Å². The van der Waals surface area contributed by atoms with Crippen LogP contribution in [0.15, 0.2) is 72.0 Å². The maximum absolute atomic E-state index is 13.0. The molecule has 1 fully saturated rings. The summed E-state index contributed by atoms with van der Waals surface area (Å²) in [6, 6.07) is 14.5. The molecule has 0 saturated carbocycles. The number of hydrogen-bond donors (Lipinski definition) is 1. The first-order valence-electron chi connectivity index (χ1n) is 10.8. The topological polar surface area (TPSA) is 92.5 Å². The normalized spacial score (nSPS) is 15.6. The Morgan fingerprint density at radius 2 is 1.85 bits per heavy atom. The van der Waals surface area contributed by atoms with Crippen LogP contribution >= 0.6 is 0 Å². The van der Waals surface area contributed by atoms with Gasteiger partial charge in [-0.05, 0) is 42.1 Å². The molecule has 0 amide bonds. The molecule has 0 bridgehead atoms. The average Bonchev–Trinajstić information content (AvgIpc) is 3.24. The lowest BCUT2D eigenvalue weighted by molar-refractivity contribution is 0.317. The molecule has 33 heavy (non-hydrogen) atoms. The van der Waals surface area contributed by atoms with Gasteiger partial charge < -0.3 is 5.32 Å². The summed E-state index contributed by atoms with van der Waals surface area (Å²) in [5.74, 6) is 0.917. The molecule has 1 saturated heterocycles. The Kier molecular flexibility index (Phi) is 5.86. The number of piperidine rings is 1. The van der Waals surface area contributed by atoms with Crippen molar-refractivity contribution in [2.24, 2.45) is 0 Å². The van der Waals surface area contributed by atoms with Crippen LogP contribution in [0.1, 0.15) is 30.0 Å². The minimum absolute atomic E-state index is 0.130. The van der Waals surface area contributed by atoms with E-state index in [1.54, 1.807) is 45.5 Å². The van der Waals surface area contributed by atoms with Gasteiger partial charge in [0.25, 0.3) is 0 Å². The summed E-state index contributed by atoms with van der Waals surface area (Å²) < 4.78 is 29.2. The van der Waals surface area contributed by atoms with Gasteiger partial charge >= 0.3 is 0 Å².